The molecule has 9 atom stereocenters. The number of aliphatic hydroxyl groups is 2. The highest BCUT2D eigenvalue weighted by Gasteiger charge is 2.50. The Morgan fingerprint density at radius 3 is 2.25 bits per heavy atom. The summed E-state index contributed by atoms with van der Waals surface area (Å²) < 4.78 is 34.2. The number of ketones is 1. The number of Topliss-reactive ketones (excluding diaryl/α,β-unsaturated/α-hetero) is 1. The molecule has 0 aliphatic carbocycles. The van der Waals surface area contributed by atoms with Crippen LogP contribution < -0.4 is 10.1 Å². The summed E-state index contributed by atoms with van der Waals surface area (Å²) in [4.78, 5) is 45.7. The van der Waals surface area contributed by atoms with Crippen molar-refractivity contribution in [2.75, 3.05) is 45.5 Å². The van der Waals surface area contributed by atoms with Crippen LogP contribution in [0.5, 0.6) is 23.0 Å². The zero-order chi connectivity index (χ0) is 45.3. The molecule has 6 N–H and O–H groups in total. The lowest BCUT2D eigenvalue weighted by Crippen LogP contribution is -2.46. The van der Waals surface area contributed by atoms with Crippen molar-refractivity contribution in [1.82, 2.24) is 0 Å². The number of benzene rings is 2. The summed E-state index contributed by atoms with van der Waals surface area (Å²) in [6.45, 7) is 15.6. The van der Waals surface area contributed by atoms with E-state index in [1.54, 1.807) is 39.8 Å². The average Bonchev–Trinajstić information content (AvgIpc) is 3.49. The number of hydrogen-bond acceptors (Lipinski definition) is 16. The number of anilines is 1. The van der Waals surface area contributed by atoms with E-state index in [2.05, 4.69) is 10.5 Å². The summed E-state index contributed by atoms with van der Waals surface area (Å²) in [5.74, 6) is -8.83. The number of amides is 1. The number of hydrogen-bond donors (Lipinski definition) is 6. The average molecular weight is 857 g/mol. The van der Waals surface area contributed by atoms with Gasteiger partial charge in [-0.2, -0.15) is 0 Å². The first-order valence-electron chi connectivity index (χ1n) is 20.2. The van der Waals surface area contributed by atoms with E-state index in [1.165, 1.54) is 53.2 Å². The van der Waals surface area contributed by atoms with Crippen LogP contribution in [0.3, 0.4) is 0 Å². The molecule has 3 aliphatic rings. The van der Waals surface area contributed by atoms with Gasteiger partial charge in [0, 0.05) is 67.8 Å². The fraction of sp³-hybridized carbons (Fsp3) is 0.545. The normalized spacial score (nSPS) is 29.5. The van der Waals surface area contributed by atoms with Gasteiger partial charge in [0.15, 0.2) is 5.75 Å². The van der Waals surface area contributed by atoms with Crippen molar-refractivity contribution in [3.63, 3.8) is 0 Å². The van der Waals surface area contributed by atoms with Crippen LogP contribution in [0, 0.1) is 30.6 Å². The molecular weight excluding hydrogens is 796 g/mol. The van der Waals surface area contributed by atoms with Crippen LogP contribution in [0.15, 0.2) is 41.3 Å². The smallest absolute Gasteiger partial charge is 0.312 e. The molecule has 0 aromatic heterocycles. The molecule has 0 saturated heterocycles. The summed E-state index contributed by atoms with van der Waals surface area (Å²) in [6.07, 6.45) is 4.39. The standard InChI is InChI=1S/C44H60N2O15/c1-11-56-17-18-57-19-20-59-45-21-29-34-39(52)32-31(38(29)51)33-41(27(7)37(32)50)61-44(9,42(33)53)58-16-15-30(55-10)24(4)40(60-28(8)47)26(6)36(49)25(5)35(48)22(2)13-12-14-23(3)43(54)46-34/h12-16,21-22,24-26,30,35-36,40,48-52H,11,17-20H2,1-10H3,(H,46,54)/b13-12-,16-15-,23-14-,45-21+/t22-,24+,25+,26+,30-,35-,36+,40+,44-/m0/s1. The first-order chi connectivity index (χ1) is 28.8. The predicted octanol–water partition coefficient (Wildman–Crippen LogP) is 5.16. The highest BCUT2D eigenvalue weighted by Crippen LogP contribution is 2.55. The Labute approximate surface area is 355 Å². The van der Waals surface area contributed by atoms with Gasteiger partial charge in [0.25, 0.3) is 11.7 Å². The van der Waals surface area contributed by atoms with Gasteiger partial charge in [-0.15, -0.1) is 0 Å². The molecule has 2 aromatic carbocycles. The van der Waals surface area contributed by atoms with Crippen molar-refractivity contribution < 1.29 is 73.2 Å². The molecule has 2 aromatic rings. The quantitative estimate of drug-likeness (QED) is 0.0427. The number of nitrogens with zero attached hydrogens (tertiary/aromatic N) is 1. The Bertz CT molecular complexity index is 2040. The van der Waals surface area contributed by atoms with E-state index in [-0.39, 0.29) is 57.7 Å². The largest absolute Gasteiger partial charge is 0.507 e. The number of oxime groups is 1. The number of esters is 1. The van der Waals surface area contributed by atoms with Crippen LogP contribution in [0.4, 0.5) is 5.69 Å². The molecule has 3 aliphatic heterocycles. The third kappa shape index (κ3) is 10.6. The Kier molecular flexibility index (Phi) is 16.7. The third-order valence-electron chi connectivity index (χ3n) is 11.2. The molecule has 0 radical (unpaired) electrons. The summed E-state index contributed by atoms with van der Waals surface area (Å²) in [5, 5.41) is 64.0. The maximum absolute atomic E-state index is 14.4. The van der Waals surface area contributed by atoms with Crippen LogP contribution in [-0.4, -0.2) is 120 Å². The van der Waals surface area contributed by atoms with Gasteiger partial charge in [-0.3, -0.25) is 14.4 Å². The second kappa shape index (κ2) is 21.1. The lowest BCUT2D eigenvalue weighted by atomic mass is 9.78. The van der Waals surface area contributed by atoms with Crippen molar-refractivity contribution in [2.24, 2.45) is 28.8 Å². The summed E-state index contributed by atoms with van der Waals surface area (Å²) >= 11 is 0. The van der Waals surface area contributed by atoms with Crippen LogP contribution in [0.1, 0.15) is 76.9 Å². The number of aromatic hydroxyl groups is 3. The second-order valence-electron chi connectivity index (χ2n) is 15.5. The summed E-state index contributed by atoms with van der Waals surface area (Å²) in [6, 6.07) is 0. The first-order valence-corrected chi connectivity index (χ1v) is 20.2. The topological polar surface area (TPSA) is 241 Å². The number of carbonyl (C=O) groups excluding carboxylic acids is 3. The van der Waals surface area contributed by atoms with Gasteiger partial charge < -0.3 is 64.1 Å². The Morgan fingerprint density at radius 2 is 1.59 bits per heavy atom. The number of ether oxygens (including phenoxy) is 6. The molecule has 1 amide bonds. The van der Waals surface area contributed by atoms with E-state index < -0.39 is 88.8 Å². The molecule has 17 heteroatoms. The van der Waals surface area contributed by atoms with Gasteiger partial charge in [-0.05, 0) is 26.8 Å². The van der Waals surface area contributed by atoms with Crippen LogP contribution >= 0.6 is 0 Å². The summed E-state index contributed by atoms with van der Waals surface area (Å²) in [7, 11) is 1.42. The second-order valence-corrected chi connectivity index (χ2v) is 15.5. The minimum Gasteiger partial charge on any atom is -0.507 e. The molecule has 0 fully saturated rings. The van der Waals surface area contributed by atoms with Crippen molar-refractivity contribution in [2.45, 2.75) is 92.5 Å². The molecule has 336 valence electrons. The maximum Gasteiger partial charge on any atom is 0.312 e. The van der Waals surface area contributed by atoms with E-state index in [0.29, 0.717) is 19.8 Å². The number of methoxy groups -OCH3 is 1. The summed E-state index contributed by atoms with van der Waals surface area (Å²) in [5.41, 5.74) is -0.733. The highest BCUT2D eigenvalue weighted by atomic mass is 16.7. The monoisotopic (exact) mass is 856 g/mol. The number of aliphatic hydroxyl groups excluding tert-OH is 2. The fourth-order valence-electron chi connectivity index (χ4n) is 7.48. The van der Waals surface area contributed by atoms with Gasteiger partial charge in [-0.1, -0.05) is 51.1 Å². The van der Waals surface area contributed by atoms with Gasteiger partial charge in [0.1, 0.15) is 30.0 Å². The van der Waals surface area contributed by atoms with Gasteiger partial charge in [0.2, 0.25) is 0 Å². The number of phenols is 3. The number of rotatable bonds is 11. The van der Waals surface area contributed by atoms with Crippen molar-refractivity contribution in [3.8, 4) is 23.0 Å². The Balaban J connectivity index is 1.90. The molecule has 17 nitrogen and oxygen atoms in total. The molecule has 61 heavy (non-hydrogen) atoms. The molecule has 0 unspecified atom stereocenters. The van der Waals surface area contributed by atoms with Gasteiger partial charge >= 0.3 is 11.8 Å². The van der Waals surface area contributed by atoms with Gasteiger partial charge in [0.05, 0.1) is 72.8 Å². The highest BCUT2D eigenvalue weighted by molar-refractivity contribution is 6.23. The molecular formula is C44H60N2O15. The Hall–Kier alpha value is -5.20. The molecule has 0 saturated carbocycles. The van der Waals surface area contributed by atoms with Crippen LogP contribution in [-0.2, 0) is 38.1 Å². The number of nitrogens with one attached hydrogen (secondary N) is 1. The zero-order valence-electron chi connectivity index (χ0n) is 36.4. The number of phenolic OH excluding ortho intramolecular Hbond substituents is 3. The van der Waals surface area contributed by atoms with Crippen LogP contribution in [0.25, 0.3) is 10.8 Å². The van der Waals surface area contributed by atoms with Crippen molar-refractivity contribution in [1.29, 1.82) is 0 Å². The third-order valence-corrected chi connectivity index (χ3v) is 11.2. The minimum absolute atomic E-state index is 0.0132. The first kappa shape index (κ1) is 48.5. The van der Waals surface area contributed by atoms with E-state index in [1.807, 2.05) is 6.92 Å². The molecule has 3 heterocycles. The number of fused-ring (bicyclic) bond motifs is 14. The van der Waals surface area contributed by atoms with Crippen LogP contribution in [0.2, 0.25) is 0 Å². The van der Waals surface area contributed by atoms with E-state index >= 15 is 0 Å². The lowest BCUT2D eigenvalue weighted by Gasteiger charge is -2.38. The SMILES string of the molecule is CCOCCOCCO/N=C/c1c2c(O)c3c(O)c(C)c4c(c3c1O)C(=O)[C@@](C)(O/C=C\[C@H](OC)[C@@H](C)[C@@H](OC(C)=O)[C@H](C)[C@H](O)[C@H](C)[C@@H](O)[C@@H](C)/C=C\C=C(\C)C(=O)N2)O4. The molecule has 0 spiro atoms. The number of allylic oxidation sites excluding steroid dienone is 2. The van der Waals surface area contributed by atoms with Crippen molar-refractivity contribution >= 4 is 40.3 Å². The fourth-order valence-corrected chi connectivity index (χ4v) is 7.48. The van der Waals surface area contributed by atoms with E-state index in [4.69, 9.17) is 33.3 Å². The lowest BCUT2D eigenvalue weighted by molar-refractivity contribution is -0.160. The number of carbonyl (C=O) groups is 3. The molecule has 5 bridgehead atoms. The minimum atomic E-state index is -2.08. The Morgan fingerprint density at radius 1 is 0.918 bits per heavy atom. The predicted molar refractivity (Wildman–Crippen MR) is 225 cm³/mol. The van der Waals surface area contributed by atoms with Gasteiger partial charge in [-0.25, -0.2) is 0 Å². The van der Waals surface area contributed by atoms with E-state index in [9.17, 15) is 39.9 Å². The zero-order valence-corrected chi connectivity index (χ0v) is 36.4. The maximum atomic E-state index is 14.4. The van der Waals surface area contributed by atoms with Crippen molar-refractivity contribution in [3.05, 3.63) is 52.8 Å². The molecule has 5 rings (SSSR count). The van der Waals surface area contributed by atoms with E-state index in [0.717, 1.165) is 6.21 Å².